The van der Waals surface area contributed by atoms with Crippen molar-refractivity contribution in [3.05, 3.63) is 53.5 Å². The van der Waals surface area contributed by atoms with E-state index in [1.54, 1.807) is 19.2 Å². The molecule has 0 radical (unpaired) electrons. The lowest BCUT2D eigenvalue weighted by Gasteiger charge is -2.07. The van der Waals surface area contributed by atoms with Crippen LogP contribution in [0.1, 0.15) is 34.7 Å². The van der Waals surface area contributed by atoms with Gasteiger partial charge >= 0.3 is 0 Å². The van der Waals surface area contributed by atoms with Gasteiger partial charge in [0.15, 0.2) is 5.76 Å². The van der Waals surface area contributed by atoms with Crippen molar-refractivity contribution in [1.29, 1.82) is 0 Å². The Morgan fingerprint density at radius 3 is 2.65 bits per heavy atom. The van der Waals surface area contributed by atoms with Crippen LogP contribution in [0.3, 0.4) is 0 Å². The molecule has 5 nitrogen and oxygen atoms in total. The van der Waals surface area contributed by atoms with Gasteiger partial charge in [-0.05, 0) is 44.0 Å². The van der Waals surface area contributed by atoms with Crippen LogP contribution < -0.4 is 10.1 Å². The Bertz CT molecular complexity index is 604. The number of carbonyl (C=O) groups is 1. The van der Waals surface area contributed by atoms with Gasteiger partial charge in [-0.25, -0.2) is 0 Å². The summed E-state index contributed by atoms with van der Waals surface area (Å²) in [5.41, 5.74) is 1.21. The number of carbonyl (C=O) groups excluding carboxylic acids is 1. The molecule has 1 N–H and O–H groups in total. The Balaban J connectivity index is 1.59. The highest BCUT2D eigenvalue weighted by molar-refractivity contribution is 5.91. The molecule has 0 aliphatic rings. The molecular formula is C18H23NO4. The van der Waals surface area contributed by atoms with Gasteiger partial charge in [0.2, 0.25) is 0 Å². The van der Waals surface area contributed by atoms with Gasteiger partial charge in [-0.3, -0.25) is 4.79 Å². The SMILES string of the molecule is COCc1ccc(C(=O)NCCCCOc2ccc(C)cc2)o1. The lowest BCUT2D eigenvalue weighted by atomic mass is 10.2. The predicted octanol–water partition coefficient (Wildman–Crippen LogP) is 3.32. The highest BCUT2D eigenvalue weighted by atomic mass is 16.5. The van der Waals surface area contributed by atoms with Crippen LogP contribution in [0.25, 0.3) is 0 Å². The molecule has 0 unspecified atom stereocenters. The molecule has 124 valence electrons. The van der Waals surface area contributed by atoms with Crippen molar-refractivity contribution >= 4 is 5.91 Å². The maximum Gasteiger partial charge on any atom is 0.286 e. The summed E-state index contributed by atoms with van der Waals surface area (Å²) >= 11 is 0. The molecule has 0 saturated carbocycles. The summed E-state index contributed by atoms with van der Waals surface area (Å²) in [6, 6.07) is 11.4. The third-order valence-corrected chi connectivity index (χ3v) is 3.32. The monoisotopic (exact) mass is 317 g/mol. The molecular weight excluding hydrogens is 294 g/mol. The van der Waals surface area contributed by atoms with Crippen molar-refractivity contribution in [3.63, 3.8) is 0 Å². The van der Waals surface area contributed by atoms with E-state index >= 15 is 0 Å². The maximum atomic E-state index is 11.9. The fourth-order valence-corrected chi connectivity index (χ4v) is 2.06. The van der Waals surface area contributed by atoms with Gasteiger partial charge in [0.25, 0.3) is 5.91 Å². The van der Waals surface area contributed by atoms with E-state index in [0.717, 1.165) is 18.6 Å². The summed E-state index contributed by atoms with van der Waals surface area (Å²) in [4.78, 5) is 11.9. The molecule has 0 atom stereocenters. The Hall–Kier alpha value is -2.27. The van der Waals surface area contributed by atoms with Gasteiger partial charge in [0, 0.05) is 13.7 Å². The number of ether oxygens (including phenoxy) is 2. The van der Waals surface area contributed by atoms with Gasteiger partial charge in [-0.2, -0.15) is 0 Å². The van der Waals surface area contributed by atoms with Gasteiger partial charge in [0.05, 0.1) is 6.61 Å². The van der Waals surface area contributed by atoms with Crippen LogP contribution in [0.5, 0.6) is 5.75 Å². The number of amides is 1. The number of methoxy groups -OCH3 is 1. The van der Waals surface area contributed by atoms with Gasteiger partial charge in [-0.15, -0.1) is 0 Å². The van der Waals surface area contributed by atoms with Crippen LogP contribution in [0.2, 0.25) is 0 Å². The summed E-state index contributed by atoms with van der Waals surface area (Å²) in [5.74, 6) is 1.63. The van der Waals surface area contributed by atoms with E-state index in [0.29, 0.717) is 31.3 Å². The second-order valence-corrected chi connectivity index (χ2v) is 5.32. The third-order valence-electron chi connectivity index (χ3n) is 3.32. The zero-order valence-electron chi connectivity index (χ0n) is 13.6. The van der Waals surface area contributed by atoms with E-state index in [4.69, 9.17) is 13.9 Å². The summed E-state index contributed by atoms with van der Waals surface area (Å²) < 4.78 is 16.0. The van der Waals surface area contributed by atoms with Crippen molar-refractivity contribution in [2.24, 2.45) is 0 Å². The summed E-state index contributed by atoms with van der Waals surface area (Å²) in [6.07, 6.45) is 1.73. The zero-order valence-corrected chi connectivity index (χ0v) is 13.6. The number of nitrogens with one attached hydrogen (secondary N) is 1. The molecule has 2 rings (SSSR count). The normalized spacial score (nSPS) is 10.5. The molecule has 1 heterocycles. The first-order chi connectivity index (χ1) is 11.2. The van der Waals surface area contributed by atoms with Gasteiger partial charge in [0.1, 0.15) is 18.1 Å². The van der Waals surface area contributed by atoms with E-state index in [1.165, 1.54) is 5.56 Å². The minimum absolute atomic E-state index is 0.202. The fourth-order valence-electron chi connectivity index (χ4n) is 2.06. The smallest absolute Gasteiger partial charge is 0.286 e. The molecule has 0 aliphatic heterocycles. The Kier molecular flexibility index (Phi) is 6.69. The molecule has 2 aromatic rings. The Labute approximate surface area is 136 Å². The molecule has 0 spiro atoms. The maximum absolute atomic E-state index is 11.9. The van der Waals surface area contributed by atoms with Crippen LogP contribution in [0.15, 0.2) is 40.8 Å². The molecule has 0 aliphatic carbocycles. The minimum atomic E-state index is -0.202. The van der Waals surface area contributed by atoms with Crippen molar-refractivity contribution in [3.8, 4) is 5.75 Å². The van der Waals surface area contributed by atoms with Crippen LogP contribution >= 0.6 is 0 Å². The summed E-state index contributed by atoms with van der Waals surface area (Å²) in [5, 5.41) is 2.83. The van der Waals surface area contributed by atoms with E-state index in [9.17, 15) is 4.79 Å². The van der Waals surface area contributed by atoms with Crippen LogP contribution in [-0.4, -0.2) is 26.2 Å². The van der Waals surface area contributed by atoms with Crippen LogP contribution in [-0.2, 0) is 11.3 Å². The molecule has 0 saturated heterocycles. The van der Waals surface area contributed by atoms with Crippen LogP contribution in [0, 0.1) is 6.92 Å². The number of aryl methyl sites for hydroxylation is 1. The largest absolute Gasteiger partial charge is 0.494 e. The van der Waals surface area contributed by atoms with Gasteiger partial charge < -0.3 is 19.2 Å². The second-order valence-electron chi connectivity index (χ2n) is 5.32. The van der Waals surface area contributed by atoms with Gasteiger partial charge in [-0.1, -0.05) is 17.7 Å². The predicted molar refractivity (Wildman–Crippen MR) is 87.7 cm³/mol. The van der Waals surface area contributed by atoms with E-state index in [1.807, 2.05) is 31.2 Å². The Morgan fingerprint density at radius 1 is 1.13 bits per heavy atom. The number of benzene rings is 1. The quantitative estimate of drug-likeness (QED) is 0.721. The standard InChI is InChI=1S/C18H23NO4/c1-14-5-7-15(8-6-14)22-12-4-3-11-19-18(20)17-10-9-16(23-17)13-21-2/h5-10H,3-4,11-13H2,1-2H3,(H,19,20). The first kappa shape index (κ1) is 17.1. The van der Waals surface area contributed by atoms with Crippen molar-refractivity contribution in [2.75, 3.05) is 20.3 Å². The fraction of sp³-hybridized carbons (Fsp3) is 0.389. The average molecular weight is 317 g/mol. The van der Waals surface area contributed by atoms with Crippen molar-refractivity contribution in [1.82, 2.24) is 5.32 Å². The zero-order chi connectivity index (χ0) is 16.5. The summed E-state index contributed by atoms with van der Waals surface area (Å²) in [6.45, 7) is 3.64. The minimum Gasteiger partial charge on any atom is -0.494 e. The molecule has 1 aromatic carbocycles. The van der Waals surface area contributed by atoms with E-state index in [2.05, 4.69) is 5.32 Å². The van der Waals surface area contributed by atoms with Crippen molar-refractivity contribution in [2.45, 2.75) is 26.4 Å². The average Bonchev–Trinajstić information content (AvgIpc) is 3.01. The third kappa shape index (κ3) is 5.79. The highest BCUT2D eigenvalue weighted by Crippen LogP contribution is 2.12. The van der Waals surface area contributed by atoms with E-state index in [-0.39, 0.29) is 5.91 Å². The highest BCUT2D eigenvalue weighted by Gasteiger charge is 2.10. The number of furan rings is 1. The number of hydrogen-bond acceptors (Lipinski definition) is 4. The molecule has 1 amide bonds. The Morgan fingerprint density at radius 2 is 1.91 bits per heavy atom. The molecule has 23 heavy (non-hydrogen) atoms. The first-order valence-corrected chi connectivity index (χ1v) is 7.74. The summed E-state index contributed by atoms with van der Waals surface area (Å²) in [7, 11) is 1.58. The molecule has 1 aromatic heterocycles. The molecule has 0 bridgehead atoms. The van der Waals surface area contributed by atoms with E-state index < -0.39 is 0 Å². The number of rotatable bonds is 9. The molecule has 5 heteroatoms. The molecule has 0 fully saturated rings. The number of unbranched alkanes of at least 4 members (excludes halogenated alkanes) is 1. The lowest BCUT2D eigenvalue weighted by Crippen LogP contribution is -2.24. The lowest BCUT2D eigenvalue weighted by molar-refractivity contribution is 0.0916. The van der Waals surface area contributed by atoms with Crippen LogP contribution in [0.4, 0.5) is 0 Å². The second kappa shape index (κ2) is 9.00. The first-order valence-electron chi connectivity index (χ1n) is 7.74. The topological polar surface area (TPSA) is 60.7 Å². The van der Waals surface area contributed by atoms with Crippen molar-refractivity contribution < 1.29 is 18.7 Å². The number of hydrogen-bond donors (Lipinski definition) is 1.